The van der Waals surface area contributed by atoms with Crippen LogP contribution in [-0.2, 0) is 20.7 Å². The van der Waals surface area contributed by atoms with Gasteiger partial charge >= 0.3 is 5.97 Å². The molecule has 0 aliphatic rings. The maximum absolute atomic E-state index is 12.0. The molecule has 1 aromatic rings. The number of rotatable bonds is 6. The highest BCUT2D eigenvalue weighted by molar-refractivity contribution is 5.88. The summed E-state index contributed by atoms with van der Waals surface area (Å²) in [7, 11) is 1.32. The zero-order valence-corrected chi connectivity index (χ0v) is 11.6. The quantitative estimate of drug-likeness (QED) is 0.790. The number of carbonyl (C=O) groups excluding carboxylic acids is 2. The molecule has 0 aliphatic carbocycles. The summed E-state index contributed by atoms with van der Waals surface area (Å²) in [4.78, 5) is 27.8. The first-order valence-corrected chi connectivity index (χ1v) is 6.31. The number of esters is 1. The van der Waals surface area contributed by atoms with Crippen LogP contribution in [0.4, 0.5) is 0 Å². The maximum atomic E-state index is 12.0. The highest BCUT2D eigenvalue weighted by Gasteiger charge is 2.34. The van der Waals surface area contributed by atoms with Crippen LogP contribution in [0.3, 0.4) is 0 Å². The molecule has 19 heavy (non-hydrogen) atoms. The Morgan fingerprint density at radius 2 is 2.16 bits per heavy atom. The molecule has 1 amide bonds. The Hall–Kier alpha value is -1.91. The van der Waals surface area contributed by atoms with Gasteiger partial charge in [-0.25, -0.2) is 4.79 Å². The molecule has 1 unspecified atom stereocenters. The first kappa shape index (κ1) is 15.1. The molecule has 1 atom stereocenters. The number of methoxy groups -OCH3 is 1. The second-order valence-corrected chi connectivity index (χ2v) is 4.62. The number of nitrogens with zero attached hydrogens (tertiary/aromatic N) is 1. The van der Waals surface area contributed by atoms with E-state index < -0.39 is 11.5 Å². The van der Waals surface area contributed by atoms with Crippen molar-refractivity contribution in [3.63, 3.8) is 0 Å². The second kappa shape index (κ2) is 6.87. The molecule has 1 heterocycles. The number of amides is 1. The van der Waals surface area contributed by atoms with E-state index in [1.165, 1.54) is 7.11 Å². The van der Waals surface area contributed by atoms with E-state index in [0.717, 1.165) is 6.42 Å². The van der Waals surface area contributed by atoms with Crippen molar-refractivity contribution in [2.45, 2.75) is 38.6 Å². The van der Waals surface area contributed by atoms with Crippen LogP contribution in [-0.4, -0.2) is 29.5 Å². The molecule has 1 rings (SSSR count). The molecule has 0 aromatic carbocycles. The van der Waals surface area contributed by atoms with Crippen molar-refractivity contribution in [1.29, 1.82) is 0 Å². The predicted octanol–water partition coefficient (Wildman–Crippen LogP) is 1.47. The van der Waals surface area contributed by atoms with Crippen LogP contribution in [0.1, 0.15) is 32.4 Å². The smallest absolute Gasteiger partial charge is 0.331 e. The highest BCUT2D eigenvalue weighted by Crippen LogP contribution is 2.14. The molecule has 1 aromatic heterocycles. The topological polar surface area (TPSA) is 68.3 Å². The van der Waals surface area contributed by atoms with Gasteiger partial charge in [0.15, 0.2) is 0 Å². The van der Waals surface area contributed by atoms with Crippen LogP contribution in [0.5, 0.6) is 0 Å². The molecule has 0 spiro atoms. The molecule has 0 fully saturated rings. The van der Waals surface area contributed by atoms with E-state index in [1.807, 2.05) is 13.0 Å². The number of carbonyl (C=O) groups is 2. The lowest BCUT2D eigenvalue weighted by Gasteiger charge is -2.27. The summed E-state index contributed by atoms with van der Waals surface area (Å²) in [6, 6.07) is 5.38. The van der Waals surface area contributed by atoms with Crippen molar-refractivity contribution in [2.24, 2.45) is 0 Å². The van der Waals surface area contributed by atoms with E-state index >= 15 is 0 Å². The van der Waals surface area contributed by atoms with E-state index in [1.54, 1.807) is 25.3 Å². The van der Waals surface area contributed by atoms with Crippen molar-refractivity contribution in [3.05, 3.63) is 30.1 Å². The van der Waals surface area contributed by atoms with Gasteiger partial charge in [0, 0.05) is 11.9 Å². The zero-order valence-electron chi connectivity index (χ0n) is 11.6. The van der Waals surface area contributed by atoms with Crippen molar-refractivity contribution in [2.75, 3.05) is 7.11 Å². The van der Waals surface area contributed by atoms with Gasteiger partial charge in [-0.2, -0.15) is 0 Å². The van der Waals surface area contributed by atoms with Gasteiger partial charge in [0.2, 0.25) is 5.91 Å². The molecule has 0 saturated carbocycles. The van der Waals surface area contributed by atoms with Crippen LogP contribution in [0.2, 0.25) is 0 Å². The van der Waals surface area contributed by atoms with Crippen LogP contribution in [0, 0.1) is 0 Å². The lowest BCUT2D eigenvalue weighted by molar-refractivity contribution is -0.150. The minimum Gasteiger partial charge on any atom is -0.467 e. The van der Waals surface area contributed by atoms with Gasteiger partial charge in [-0.05, 0) is 25.5 Å². The van der Waals surface area contributed by atoms with Crippen LogP contribution < -0.4 is 5.32 Å². The minimum absolute atomic E-state index is 0.150. The number of hydrogen-bond acceptors (Lipinski definition) is 4. The summed E-state index contributed by atoms with van der Waals surface area (Å²) in [6.07, 6.45) is 3.09. The number of aromatic nitrogens is 1. The van der Waals surface area contributed by atoms with Gasteiger partial charge < -0.3 is 10.1 Å². The summed E-state index contributed by atoms with van der Waals surface area (Å²) in [5, 5.41) is 2.74. The van der Waals surface area contributed by atoms with E-state index in [2.05, 4.69) is 10.3 Å². The Morgan fingerprint density at radius 3 is 2.68 bits per heavy atom. The van der Waals surface area contributed by atoms with E-state index in [-0.39, 0.29) is 12.3 Å². The van der Waals surface area contributed by atoms with E-state index in [4.69, 9.17) is 4.74 Å². The Kier molecular flexibility index (Phi) is 5.48. The van der Waals surface area contributed by atoms with Gasteiger partial charge in [-0.1, -0.05) is 19.4 Å². The molecule has 0 aliphatic heterocycles. The van der Waals surface area contributed by atoms with Crippen molar-refractivity contribution < 1.29 is 14.3 Å². The van der Waals surface area contributed by atoms with Gasteiger partial charge in [-0.3, -0.25) is 9.78 Å². The number of nitrogens with one attached hydrogen (secondary N) is 1. The van der Waals surface area contributed by atoms with Gasteiger partial charge in [0.25, 0.3) is 0 Å². The Morgan fingerprint density at radius 1 is 1.42 bits per heavy atom. The Balaban J connectivity index is 2.69. The van der Waals surface area contributed by atoms with Crippen LogP contribution in [0.15, 0.2) is 24.4 Å². The van der Waals surface area contributed by atoms with Gasteiger partial charge in [0.1, 0.15) is 5.54 Å². The first-order valence-electron chi connectivity index (χ1n) is 6.31. The minimum atomic E-state index is -0.977. The summed E-state index contributed by atoms with van der Waals surface area (Å²) in [5.74, 6) is -0.663. The molecule has 104 valence electrons. The van der Waals surface area contributed by atoms with Crippen molar-refractivity contribution >= 4 is 11.9 Å². The summed E-state index contributed by atoms with van der Waals surface area (Å²) >= 11 is 0. The fourth-order valence-electron chi connectivity index (χ4n) is 1.96. The average molecular weight is 264 g/mol. The Labute approximate surface area is 113 Å². The summed E-state index contributed by atoms with van der Waals surface area (Å²) < 4.78 is 4.75. The average Bonchev–Trinajstić information content (AvgIpc) is 2.38. The van der Waals surface area contributed by atoms with Crippen molar-refractivity contribution in [1.82, 2.24) is 10.3 Å². The predicted molar refractivity (Wildman–Crippen MR) is 71.4 cm³/mol. The number of hydrogen-bond donors (Lipinski definition) is 1. The maximum Gasteiger partial charge on any atom is 0.331 e. The lowest BCUT2D eigenvalue weighted by Crippen LogP contribution is -2.53. The third kappa shape index (κ3) is 4.35. The number of ether oxygens (including phenoxy) is 1. The van der Waals surface area contributed by atoms with E-state index in [0.29, 0.717) is 12.1 Å². The molecule has 5 heteroatoms. The van der Waals surface area contributed by atoms with Crippen molar-refractivity contribution in [3.8, 4) is 0 Å². The summed E-state index contributed by atoms with van der Waals surface area (Å²) in [6.45, 7) is 3.63. The van der Waals surface area contributed by atoms with Crippen LogP contribution in [0.25, 0.3) is 0 Å². The lowest BCUT2D eigenvalue weighted by atomic mass is 9.96. The van der Waals surface area contributed by atoms with E-state index in [9.17, 15) is 9.59 Å². The van der Waals surface area contributed by atoms with Gasteiger partial charge in [-0.15, -0.1) is 0 Å². The fraction of sp³-hybridized carbons (Fsp3) is 0.500. The fourth-order valence-corrected chi connectivity index (χ4v) is 1.96. The van der Waals surface area contributed by atoms with Crippen LogP contribution >= 0.6 is 0 Å². The molecule has 1 N–H and O–H groups in total. The standard InChI is InChI=1S/C14H20N2O3/c1-4-8-14(2,13(18)19-3)16-12(17)10-11-7-5-6-9-15-11/h5-7,9H,4,8,10H2,1-3H3,(H,16,17). The molecule has 0 saturated heterocycles. The zero-order chi connectivity index (χ0) is 14.3. The normalized spacial score (nSPS) is 13.4. The molecule has 0 radical (unpaired) electrons. The monoisotopic (exact) mass is 264 g/mol. The number of pyridine rings is 1. The second-order valence-electron chi connectivity index (χ2n) is 4.62. The molecule has 0 bridgehead atoms. The first-order chi connectivity index (χ1) is 9.01. The van der Waals surface area contributed by atoms with Gasteiger partial charge in [0.05, 0.1) is 13.5 Å². The molecular formula is C14H20N2O3. The molecular weight excluding hydrogens is 244 g/mol. The largest absolute Gasteiger partial charge is 0.467 e. The third-order valence-electron chi connectivity index (χ3n) is 2.87. The highest BCUT2D eigenvalue weighted by atomic mass is 16.5. The Bertz CT molecular complexity index is 434. The third-order valence-corrected chi connectivity index (χ3v) is 2.87. The molecule has 5 nitrogen and oxygen atoms in total. The SMILES string of the molecule is CCCC(C)(NC(=O)Cc1ccccn1)C(=O)OC. The summed E-state index contributed by atoms with van der Waals surface area (Å²) in [5.41, 5.74) is -0.307.